The van der Waals surface area contributed by atoms with E-state index in [2.05, 4.69) is 13.0 Å². The van der Waals surface area contributed by atoms with Crippen molar-refractivity contribution in [1.82, 2.24) is 4.90 Å². The summed E-state index contributed by atoms with van der Waals surface area (Å²) in [7, 11) is 1.68. The number of hydrogen-bond donors (Lipinski definition) is 0. The maximum Gasteiger partial charge on any atom is 0.410 e. The summed E-state index contributed by atoms with van der Waals surface area (Å²) >= 11 is 0. The summed E-state index contributed by atoms with van der Waals surface area (Å²) in [6.45, 7) is 9.22. The van der Waals surface area contributed by atoms with Crippen molar-refractivity contribution in [2.75, 3.05) is 20.2 Å². The van der Waals surface area contributed by atoms with Crippen LogP contribution in [0.1, 0.15) is 45.6 Å². The maximum atomic E-state index is 12.3. The number of ether oxygens (including phenoxy) is 2. The Balaban J connectivity index is 1.80. The van der Waals surface area contributed by atoms with Crippen molar-refractivity contribution in [3.05, 3.63) is 30.0 Å². The van der Waals surface area contributed by atoms with Gasteiger partial charge in [-0.05, 0) is 57.2 Å². The van der Waals surface area contributed by atoms with Crippen molar-refractivity contribution in [1.29, 1.82) is 0 Å². The average molecular weight is 345 g/mol. The molecule has 1 aromatic carbocycles. The summed E-state index contributed by atoms with van der Waals surface area (Å²) in [4.78, 5) is 14.2. The summed E-state index contributed by atoms with van der Waals surface area (Å²) in [5, 5.41) is 1.05. The van der Waals surface area contributed by atoms with Crippen LogP contribution in [0.5, 0.6) is 5.75 Å². The zero-order valence-corrected chi connectivity index (χ0v) is 15.7. The van der Waals surface area contributed by atoms with Gasteiger partial charge in [-0.15, -0.1) is 0 Å². The second-order valence-electron chi connectivity index (χ2n) is 7.85. The van der Waals surface area contributed by atoms with Gasteiger partial charge in [0.05, 0.1) is 13.4 Å². The molecule has 0 spiro atoms. The number of furan rings is 1. The third-order valence-electron chi connectivity index (χ3n) is 4.75. The van der Waals surface area contributed by atoms with Crippen molar-refractivity contribution in [3.63, 3.8) is 0 Å². The highest BCUT2D eigenvalue weighted by molar-refractivity contribution is 5.83. The smallest absolute Gasteiger partial charge is 0.410 e. The molecule has 5 heteroatoms. The number of fused-ring (bicyclic) bond motifs is 1. The SMILES string of the molecule is COc1cc([C@@H]2CCN(C(=O)OC(C)(C)C)C[C@@H]2C)c2occc2c1. The molecule has 25 heavy (non-hydrogen) atoms. The fourth-order valence-corrected chi connectivity index (χ4v) is 3.57. The first-order valence-electron chi connectivity index (χ1n) is 8.81. The Hall–Kier alpha value is -2.17. The van der Waals surface area contributed by atoms with Crippen LogP contribution in [0.25, 0.3) is 11.0 Å². The van der Waals surface area contributed by atoms with E-state index in [1.807, 2.05) is 37.8 Å². The number of carbonyl (C=O) groups is 1. The highest BCUT2D eigenvalue weighted by atomic mass is 16.6. The van der Waals surface area contributed by atoms with Gasteiger partial charge in [-0.2, -0.15) is 0 Å². The lowest BCUT2D eigenvalue weighted by atomic mass is 9.81. The van der Waals surface area contributed by atoms with Gasteiger partial charge in [0.1, 0.15) is 16.9 Å². The van der Waals surface area contributed by atoms with Gasteiger partial charge < -0.3 is 18.8 Å². The van der Waals surface area contributed by atoms with Gasteiger partial charge in [0.25, 0.3) is 0 Å². The minimum absolute atomic E-state index is 0.230. The molecule has 3 rings (SSSR count). The zero-order valence-electron chi connectivity index (χ0n) is 15.7. The standard InChI is InChI=1S/C20H27NO4/c1-13-12-21(19(22)25-20(2,3)4)8-6-16(13)17-11-15(23-5)10-14-7-9-24-18(14)17/h7,9-11,13,16H,6,8,12H2,1-5H3/t13-,16+/m0/s1. The van der Waals surface area contributed by atoms with Gasteiger partial charge in [-0.1, -0.05) is 6.92 Å². The first kappa shape index (κ1) is 17.6. The van der Waals surface area contributed by atoms with Gasteiger partial charge in [0.15, 0.2) is 0 Å². The van der Waals surface area contributed by atoms with Crippen LogP contribution in [0.3, 0.4) is 0 Å². The molecule has 0 radical (unpaired) electrons. The van der Waals surface area contributed by atoms with Gasteiger partial charge in [0, 0.05) is 24.0 Å². The van der Waals surface area contributed by atoms with Crippen LogP contribution in [-0.2, 0) is 4.74 Å². The molecule has 0 saturated carbocycles. The van der Waals surface area contributed by atoms with Crippen LogP contribution < -0.4 is 4.74 Å². The number of carbonyl (C=O) groups excluding carboxylic acids is 1. The molecule has 0 aliphatic carbocycles. The van der Waals surface area contributed by atoms with Crippen LogP contribution in [0.4, 0.5) is 4.79 Å². The van der Waals surface area contributed by atoms with Crippen LogP contribution in [0.2, 0.25) is 0 Å². The van der Waals surface area contributed by atoms with Crippen molar-refractivity contribution in [2.24, 2.45) is 5.92 Å². The normalized spacial score (nSPS) is 21.4. The minimum Gasteiger partial charge on any atom is -0.497 e. The molecule has 2 atom stereocenters. The largest absolute Gasteiger partial charge is 0.497 e. The molecule has 1 amide bonds. The molecule has 0 bridgehead atoms. The van der Waals surface area contributed by atoms with Crippen molar-refractivity contribution >= 4 is 17.1 Å². The molecule has 0 N–H and O–H groups in total. The van der Waals surface area contributed by atoms with Crippen molar-refractivity contribution in [3.8, 4) is 5.75 Å². The Kier molecular flexibility index (Phi) is 4.67. The number of hydrogen-bond acceptors (Lipinski definition) is 4. The number of benzene rings is 1. The third kappa shape index (κ3) is 3.75. The predicted octanol–water partition coefficient (Wildman–Crippen LogP) is 4.80. The molecule has 1 aliphatic rings. The number of rotatable bonds is 2. The molecule has 1 saturated heterocycles. The molecule has 136 valence electrons. The molecular formula is C20H27NO4. The molecule has 5 nitrogen and oxygen atoms in total. The van der Waals surface area contributed by atoms with Crippen LogP contribution >= 0.6 is 0 Å². The van der Waals surface area contributed by atoms with E-state index in [1.54, 1.807) is 13.4 Å². The predicted molar refractivity (Wildman–Crippen MR) is 97.1 cm³/mol. The lowest BCUT2D eigenvalue weighted by Gasteiger charge is -2.37. The van der Waals surface area contributed by atoms with E-state index < -0.39 is 5.60 Å². The fraction of sp³-hybridized carbons (Fsp3) is 0.550. The lowest BCUT2D eigenvalue weighted by molar-refractivity contribution is 0.0155. The topological polar surface area (TPSA) is 51.9 Å². The number of amides is 1. The Morgan fingerprint density at radius 3 is 2.72 bits per heavy atom. The Morgan fingerprint density at radius 1 is 1.32 bits per heavy atom. The lowest BCUT2D eigenvalue weighted by Crippen LogP contribution is -2.44. The number of piperidine rings is 1. The second-order valence-corrected chi connectivity index (χ2v) is 7.85. The molecule has 0 unspecified atom stereocenters. The van der Waals surface area contributed by atoms with Crippen LogP contribution in [0.15, 0.2) is 28.9 Å². The van der Waals surface area contributed by atoms with Gasteiger partial charge >= 0.3 is 6.09 Å². The number of nitrogens with zero attached hydrogens (tertiary/aromatic N) is 1. The van der Waals surface area contributed by atoms with E-state index in [9.17, 15) is 4.79 Å². The Morgan fingerprint density at radius 2 is 2.08 bits per heavy atom. The highest BCUT2D eigenvalue weighted by Gasteiger charge is 2.33. The monoisotopic (exact) mass is 345 g/mol. The van der Waals surface area contributed by atoms with Gasteiger partial charge in [-0.3, -0.25) is 0 Å². The summed E-state index contributed by atoms with van der Waals surface area (Å²) in [5.41, 5.74) is 1.61. The average Bonchev–Trinajstić information content (AvgIpc) is 3.00. The Labute approximate surface area is 148 Å². The zero-order chi connectivity index (χ0) is 18.2. The van der Waals surface area contributed by atoms with E-state index in [0.29, 0.717) is 24.9 Å². The molecule has 2 aromatic rings. The fourth-order valence-electron chi connectivity index (χ4n) is 3.57. The quantitative estimate of drug-likeness (QED) is 0.784. The van der Waals surface area contributed by atoms with Crippen molar-refractivity contribution < 1.29 is 18.7 Å². The molecule has 2 heterocycles. The molecular weight excluding hydrogens is 318 g/mol. The number of methoxy groups -OCH3 is 1. The summed E-state index contributed by atoms with van der Waals surface area (Å²) in [6, 6.07) is 6.01. The van der Waals surface area contributed by atoms with Crippen LogP contribution in [0, 0.1) is 5.92 Å². The molecule has 1 aliphatic heterocycles. The Bertz CT molecular complexity index is 759. The van der Waals surface area contributed by atoms with E-state index in [0.717, 1.165) is 28.7 Å². The van der Waals surface area contributed by atoms with Crippen molar-refractivity contribution in [2.45, 2.75) is 45.6 Å². The van der Waals surface area contributed by atoms with E-state index >= 15 is 0 Å². The molecule has 1 aromatic heterocycles. The van der Waals surface area contributed by atoms with E-state index in [-0.39, 0.29) is 6.09 Å². The first-order valence-corrected chi connectivity index (χ1v) is 8.81. The van der Waals surface area contributed by atoms with E-state index in [1.165, 1.54) is 0 Å². The highest BCUT2D eigenvalue weighted by Crippen LogP contribution is 2.39. The summed E-state index contributed by atoms with van der Waals surface area (Å²) in [5.74, 6) is 1.47. The summed E-state index contributed by atoms with van der Waals surface area (Å²) < 4.78 is 16.7. The van der Waals surface area contributed by atoms with E-state index in [4.69, 9.17) is 13.9 Å². The van der Waals surface area contributed by atoms with Crippen LogP contribution in [-0.4, -0.2) is 36.8 Å². The number of likely N-dealkylation sites (tertiary alicyclic amines) is 1. The van der Waals surface area contributed by atoms with Gasteiger partial charge in [-0.25, -0.2) is 4.79 Å². The third-order valence-corrected chi connectivity index (χ3v) is 4.75. The second kappa shape index (κ2) is 6.62. The summed E-state index contributed by atoms with van der Waals surface area (Å²) in [6.07, 6.45) is 2.36. The first-order chi connectivity index (χ1) is 11.8. The molecule has 1 fully saturated rings. The maximum absolute atomic E-state index is 12.3. The van der Waals surface area contributed by atoms with Gasteiger partial charge in [0.2, 0.25) is 0 Å². The minimum atomic E-state index is -0.468.